The van der Waals surface area contributed by atoms with Crippen molar-refractivity contribution in [1.29, 1.82) is 0 Å². The fourth-order valence-electron chi connectivity index (χ4n) is 3.50. The summed E-state index contributed by atoms with van der Waals surface area (Å²) in [7, 11) is 0. The van der Waals surface area contributed by atoms with Gasteiger partial charge in [0.2, 0.25) is 0 Å². The number of hydrogen-bond donors (Lipinski definition) is 1. The molecule has 1 aliphatic rings. The van der Waals surface area contributed by atoms with Crippen LogP contribution in [0, 0.1) is 13.8 Å². The van der Waals surface area contributed by atoms with Crippen LogP contribution in [0.2, 0.25) is 0 Å². The van der Waals surface area contributed by atoms with E-state index in [1.165, 1.54) is 0 Å². The van der Waals surface area contributed by atoms with Crippen molar-refractivity contribution in [2.75, 3.05) is 5.32 Å². The highest BCUT2D eigenvalue weighted by molar-refractivity contribution is 6.12. The Bertz CT molecular complexity index is 999. The van der Waals surface area contributed by atoms with Gasteiger partial charge in [0.05, 0.1) is 28.2 Å². The predicted octanol–water partition coefficient (Wildman–Crippen LogP) is 4.76. The van der Waals surface area contributed by atoms with Crippen LogP contribution in [0.1, 0.15) is 66.1 Å². The lowest BCUT2D eigenvalue weighted by Gasteiger charge is -2.11. The monoisotopic (exact) mass is 348 g/mol. The van der Waals surface area contributed by atoms with Gasteiger partial charge in [0.1, 0.15) is 0 Å². The van der Waals surface area contributed by atoms with E-state index in [1.807, 2.05) is 48.9 Å². The van der Waals surface area contributed by atoms with Gasteiger partial charge >= 0.3 is 0 Å². The third-order valence-corrected chi connectivity index (χ3v) is 5.03. The standard InChI is InChI=1S/C21H24N4O/c1-12(2)25-14(4)20(13(3)24-25)23-21(26)17-11-19(15-9-10-15)22-18-8-6-5-7-16(17)18/h5-8,11-12,15H,9-10H2,1-4H3,(H,23,26). The zero-order chi connectivity index (χ0) is 18.4. The number of hydrogen-bond acceptors (Lipinski definition) is 3. The SMILES string of the molecule is Cc1nn(C(C)C)c(C)c1NC(=O)c1cc(C2CC2)nc2ccccc12. The molecular weight excluding hydrogens is 324 g/mol. The number of amides is 1. The number of pyridine rings is 1. The number of carbonyl (C=O) groups is 1. The molecule has 134 valence electrons. The number of aryl methyl sites for hydroxylation is 1. The fraction of sp³-hybridized carbons (Fsp3) is 0.381. The van der Waals surface area contributed by atoms with Crippen LogP contribution in [0.4, 0.5) is 5.69 Å². The van der Waals surface area contributed by atoms with Gasteiger partial charge in [0.25, 0.3) is 5.91 Å². The molecule has 0 bridgehead atoms. The van der Waals surface area contributed by atoms with E-state index in [1.54, 1.807) is 0 Å². The molecule has 4 rings (SSSR count). The first kappa shape index (κ1) is 16.8. The van der Waals surface area contributed by atoms with Crippen molar-refractivity contribution < 1.29 is 4.79 Å². The Labute approximate surface area is 153 Å². The molecule has 0 spiro atoms. The highest BCUT2D eigenvalue weighted by Gasteiger charge is 2.27. The Morgan fingerprint density at radius 1 is 1.23 bits per heavy atom. The average molecular weight is 348 g/mol. The summed E-state index contributed by atoms with van der Waals surface area (Å²) < 4.78 is 1.95. The summed E-state index contributed by atoms with van der Waals surface area (Å²) in [6, 6.07) is 10.1. The van der Waals surface area contributed by atoms with Gasteiger partial charge in [0, 0.05) is 23.0 Å². The molecule has 0 saturated heterocycles. The van der Waals surface area contributed by atoms with E-state index in [-0.39, 0.29) is 11.9 Å². The molecule has 2 heterocycles. The van der Waals surface area contributed by atoms with Gasteiger partial charge in [-0.25, -0.2) is 0 Å². The smallest absolute Gasteiger partial charge is 0.256 e. The molecule has 0 atom stereocenters. The molecule has 1 N–H and O–H groups in total. The zero-order valence-electron chi connectivity index (χ0n) is 15.7. The number of para-hydroxylation sites is 1. The van der Waals surface area contributed by atoms with E-state index in [4.69, 9.17) is 4.98 Å². The quantitative estimate of drug-likeness (QED) is 0.739. The molecule has 5 nitrogen and oxygen atoms in total. The average Bonchev–Trinajstić information content (AvgIpc) is 3.43. The summed E-state index contributed by atoms with van der Waals surface area (Å²) in [5, 5.41) is 8.55. The summed E-state index contributed by atoms with van der Waals surface area (Å²) >= 11 is 0. The maximum absolute atomic E-state index is 13.1. The molecule has 1 fully saturated rings. The molecule has 5 heteroatoms. The van der Waals surface area contributed by atoms with Crippen LogP contribution in [0.15, 0.2) is 30.3 Å². The minimum Gasteiger partial charge on any atom is -0.319 e. The van der Waals surface area contributed by atoms with Crippen molar-refractivity contribution in [2.24, 2.45) is 0 Å². The molecule has 1 amide bonds. The topological polar surface area (TPSA) is 59.8 Å². The second kappa shape index (κ2) is 6.24. The van der Waals surface area contributed by atoms with Crippen LogP contribution in [0.3, 0.4) is 0 Å². The Balaban J connectivity index is 1.75. The van der Waals surface area contributed by atoms with Gasteiger partial charge in [0.15, 0.2) is 0 Å². The van der Waals surface area contributed by atoms with E-state index in [2.05, 4.69) is 24.3 Å². The number of fused-ring (bicyclic) bond motifs is 1. The molecule has 0 radical (unpaired) electrons. The summed E-state index contributed by atoms with van der Waals surface area (Å²) in [5.74, 6) is 0.401. The number of carbonyl (C=O) groups excluding carboxylic acids is 1. The molecule has 26 heavy (non-hydrogen) atoms. The Kier molecular flexibility index (Phi) is 4.02. The Morgan fingerprint density at radius 3 is 2.62 bits per heavy atom. The second-order valence-electron chi connectivity index (χ2n) is 7.42. The van der Waals surface area contributed by atoms with Gasteiger partial charge in [-0.3, -0.25) is 14.5 Å². The minimum atomic E-state index is -0.0972. The molecule has 0 aliphatic heterocycles. The van der Waals surface area contributed by atoms with Crippen LogP contribution in [-0.2, 0) is 0 Å². The summed E-state index contributed by atoms with van der Waals surface area (Å²) in [5.41, 5.74) is 5.22. The molecule has 0 unspecified atom stereocenters. The van der Waals surface area contributed by atoms with Crippen molar-refractivity contribution in [3.05, 3.63) is 53.0 Å². The maximum atomic E-state index is 13.1. The number of benzene rings is 1. The van der Waals surface area contributed by atoms with Crippen LogP contribution in [0.25, 0.3) is 10.9 Å². The number of nitrogens with one attached hydrogen (secondary N) is 1. The molecule has 1 saturated carbocycles. The minimum absolute atomic E-state index is 0.0972. The number of aromatic nitrogens is 3. The first-order chi connectivity index (χ1) is 12.5. The Morgan fingerprint density at radius 2 is 1.96 bits per heavy atom. The maximum Gasteiger partial charge on any atom is 0.256 e. The first-order valence-corrected chi connectivity index (χ1v) is 9.22. The molecular formula is C21H24N4O. The van der Waals surface area contributed by atoms with E-state index in [0.29, 0.717) is 11.5 Å². The molecule has 1 aliphatic carbocycles. The Hall–Kier alpha value is -2.69. The van der Waals surface area contributed by atoms with Crippen molar-refractivity contribution in [3.8, 4) is 0 Å². The van der Waals surface area contributed by atoms with Crippen molar-refractivity contribution in [1.82, 2.24) is 14.8 Å². The molecule has 2 aromatic heterocycles. The van der Waals surface area contributed by atoms with Gasteiger partial charge in [-0.05, 0) is 52.7 Å². The third-order valence-electron chi connectivity index (χ3n) is 5.03. The normalized spacial score (nSPS) is 14.2. The van der Waals surface area contributed by atoms with E-state index in [9.17, 15) is 4.79 Å². The van der Waals surface area contributed by atoms with E-state index < -0.39 is 0 Å². The van der Waals surface area contributed by atoms with Gasteiger partial charge in [-0.15, -0.1) is 0 Å². The van der Waals surface area contributed by atoms with Crippen molar-refractivity contribution >= 4 is 22.5 Å². The summed E-state index contributed by atoms with van der Waals surface area (Å²) in [6.07, 6.45) is 2.32. The predicted molar refractivity (Wildman–Crippen MR) is 104 cm³/mol. The second-order valence-corrected chi connectivity index (χ2v) is 7.42. The highest BCUT2D eigenvalue weighted by atomic mass is 16.1. The molecule has 3 aromatic rings. The summed E-state index contributed by atoms with van der Waals surface area (Å²) in [6.45, 7) is 8.10. The lowest BCUT2D eigenvalue weighted by molar-refractivity contribution is 0.102. The lowest BCUT2D eigenvalue weighted by Crippen LogP contribution is -2.15. The zero-order valence-corrected chi connectivity index (χ0v) is 15.7. The first-order valence-electron chi connectivity index (χ1n) is 9.22. The van der Waals surface area contributed by atoms with E-state index in [0.717, 1.165) is 46.5 Å². The third kappa shape index (κ3) is 2.87. The van der Waals surface area contributed by atoms with Crippen LogP contribution < -0.4 is 5.32 Å². The number of nitrogens with zero attached hydrogens (tertiary/aromatic N) is 3. The summed E-state index contributed by atoms with van der Waals surface area (Å²) in [4.78, 5) is 17.9. The van der Waals surface area contributed by atoms with Crippen molar-refractivity contribution in [2.45, 2.75) is 52.5 Å². The largest absolute Gasteiger partial charge is 0.319 e. The fourth-order valence-corrected chi connectivity index (χ4v) is 3.50. The van der Waals surface area contributed by atoms with Crippen molar-refractivity contribution in [3.63, 3.8) is 0 Å². The van der Waals surface area contributed by atoms with Gasteiger partial charge < -0.3 is 5.32 Å². The number of rotatable bonds is 4. The lowest BCUT2D eigenvalue weighted by atomic mass is 10.1. The van der Waals surface area contributed by atoms with Gasteiger partial charge in [-0.1, -0.05) is 18.2 Å². The van der Waals surface area contributed by atoms with Crippen LogP contribution >= 0.6 is 0 Å². The molecule has 1 aromatic carbocycles. The van der Waals surface area contributed by atoms with Gasteiger partial charge in [-0.2, -0.15) is 5.10 Å². The van der Waals surface area contributed by atoms with Crippen LogP contribution in [0.5, 0.6) is 0 Å². The van der Waals surface area contributed by atoms with Crippen LogP contribution in [-0.4, -0.2) is 20.7 Å². The number of anilines is 1. The highest BCUT2D eigenvalue weighted by Crippen LogP contribution is 2.40. The van der Waals surface area contributed by atoms with E-state index >= 15 is 0 Å².